The van der Waals surface area contributed by atoms with Gasteiger partial charge in [-0.15, -0.1) is 0 Å². The van der Waals surface area contributed by atoms with E-state index in [0.29, 0.717) is 11.1 Å². The molecular formula is C13H11BrF2O4. The second-order valence-corrected chi connectivity index (χ2v) is 4.73. The van der Waals surface area contributed by atoms with Crippen LogP contribution in [0.4, 0.5) is 8.78 Å². The van der Waals surface area contributed by atoms with Crippen LogP contribution in [-0.2, 0) is 9.59 Å². The molecule has 1 N–H and O–H groups in total. The number of ketones is 1. The van der Waals surface area contributed by atoms with E-state index in [0.717, 1.165) is 6.08 Å². The van der Waals surface area contributed by atoms with E-state index in [-0.39, 0.29) is 11.5 Å². The van der Waals surface area contributed by atoms with Gasteiger partial charge in [0.15, 0.2) is 0 Å². The van der Waals surface area contributed by atoms with Crippen molar-refractivity contribution in [2.75, 3.05) is 0 Å². The van der Waals surface area contributed by atoms with Gasteiger partial charge in [-0.1, -0.05) is 22.0 Å². The predicted molar refractivity (Wildman–Crippen MR) is 72.1 cm³/mol. The summed E-state index contributed by atoms with van der Waals surface area (Å²) in [5.74, 6) is -1.50. The van der Waals surface area contributed by atoms with Crippen LogP contribution in [0.1, 0.15) is 22.9 Å². The van der Waals surface area contributed by atoms with E-state index >= 15 is 0 Å². The van der Waals surface area contributed by atoms with Crippen molar-refractivity contribution in [2.24, 2.45) is 0 Å². The lowest BCUT2D eigenvalue weighted by Gasteiger charge is -2.12. The van der Waals surface area contributed by atoms with Gasteiger partial charge in [-0.05, 0) is 36.3 Å². The first-order valence-electron chi connectivity index (χ1n) is 5.45. The summed E-state index contributed by atoms with van der Waals surface area (Å²) in [6, 6.07) is 3.97. The van der Waals surface area contributed by atoms with Gasteiger partial charge in [-0.25, -0.2) is 4.79 Å². The van der Waals surface area contributed by atoms with Crippen molar-refractivity contribution in [2.45, 2.75) is 18.4 Å². The molecular weight excluding hydrogens is 338 g/mol. The second kappa shape index (κ2) is 7.14. The maximum absolute atomic E-state index is 12.2. The highest BCUT2D eigenvalue weighted by molar-refractivity contribution is 9.09. The van der Waals surface area contributed by atoms with E-state index in [1.54, 1.807) is 0 Å². The Kier molecular flexibility index (Phi) is 5.82. The van der Waals surface area contributed by atoms with Crippen molar-refractivity contribution < 1.29 is 28.2 Å². The van der Waals surface area contributed by atoms with Crippen molar-refractivity contribution >= 4 is 33.8 Å². The summed E-state index contributed by atoms with van der Waals surface area (Å²) >= 11 is 3.16. The number of ether oxygens (including phenoxy) is 1. The molecule has 1 aromatic rings. The van der Waals surface area contributed by atoms with Crippen LogP contribution in [0.15, 0.2) is 24.3 Å². The highest BCUT2D eigenvalue weighted by Gasteiger charge is 2.17. The Morgan fingerprint density at radius 1 is 1.40 bits per heavy atom. The number of aliphatic carboxylic acids is 1. The van der Waals surface area contributed by atoms with Crippen LogP contribution in [0.5, 0.6) is 5.75 Å². The number of Topliss-reactive ketones (excluding diaryl/α,β-unsaturated/α-hetero) is 1. The number of hydrogen-bond acceptors (Lipinski definition) is 3. The summed E-state index contributed by atoms with van der Waals surface area (Å²) in [4.78, 5) is 21.2. The molecule has 0 saturated heterocycles. The maximum Gasteiger partial charge on any atom is 0.387 e. The van der Waals surface area contributed by atoms with Gasteiger partial charge >= 0.3 is 12.6 Å². The van der Waals surface area contributed by atoms with Crippen LogP contribution >= 0.6 is 15.9 Å². The molecule has 0 heterocycles. The molecule has 4 nitrogen and oxygen atoms in total. The van der Waals surface area contributed by atoms with Gasteiger partial charge in [0.2, 0.25) is 0 Å². The average molecular weight is 349 g/mol. The summed E-state index contributed by atoms with van der Waals surface area (Å²) in [5.41, 5.74) is 0.777. The average Bonchev–Trinajstić information content (AvgIpc) is 2.34. The molecule has 0 aliphatic rings. The Balaban J connectivity index is 3.22. The Bertz CT molecular complexity index is 543. The predicted octanol–water partition coefficient (Wildman–Crippen LogP) is 3.41. The van der Waals surface area contributed by atoms with Crippen LogP contribution in [0.25, 0.3) is 6.08 Å². The molecule has 108 valence electrons. The summed E-state index contributed by atoms with van der Waals surface area (Å²) in [6.07, 6.45) is 2.07. The fourth-order valence-electron chi connectivity index (χ4n) is 1.48. The third-order valence-electron chi connectivity index (χ3n) is 2.32. The van der Waals surface area contributed by atoms with Gasteiger partial charge in [0, 0.05) is 6.08 Å². The molecule has 1 rings (SSSR count). The zero-order valence-electron chi connectivity index (χ0n) is 10.3. The van der Waals surface area contributed by atoms with E-state index in [1.165, 1.54) is 31.2 Å². The third kappa shape index (κ3) is 4.73. The van der Waals surface area contributed by atoms with Gasteiger partial charge in [-0.2, -0.15) is 8.78 Å². The van der Waals surface area contributed by atoms with Crippen LogP contribution < -0.4 is 4.74 Å². The quantitative estimate of drug-likeness (QED) is 0.632. The van der Waals surface area contributed by atoms with E-state index in [1.807, 2.05) is 0 Å². The normalized spacial score (nSPS) is 12.7. The van der Waals surface area contributed by atoms with E-state index in [9.17, 15) is 18.4 Å². The molecule has 1 aromatic carbocycles. The van der Waals surface area contributed by atoms with Gasteiger partial charge in [0.25, 0.3) is 0 Å². The lowest BCUT2D eigenvalue weighted by Crippen LogP contribution is -2.06. The minimum absolute atomic E-state index is 0.114. The number of carboxylic acid groups (broad SMARTS) is 1. The monoisotopic (exact) mass is 348 g/mol. The fraction of sp³-hybridized carbons (Fsp3) is 0.231. The molecule has 0 saturated carbocycles. The molecule has 0 aromatic heterocycles. The summed E-state index contributed by atoms with van der Waals surface area (Å²) < 4.78 is 28.6. The lowest BCUT2D eigenvalue weighted by atomic mass is 10.0. The van der Waals surface area contributed by atoms with Crippen molar-refractivity contribution in [1.29, 1.82) is 0 Å². The Morgan fingerprint density at radius 2 is 2.05 bits per heavy atom. The minimum atomic E-state index is -2.98. The first-order valence-corrected chi connectivity index (χ1v) is 6.37. The molecule has 0 aliphatic heterocycles. The molecule has 0 fully saturated rings. The smallest absolute Gasteiger partial charge is 0.387 e. The Morgan fingerprint density at radius 3 is 2.55 bits per heavy atom. The molecule has 1 unspecified atom stereocenters. The van der Waals surface area contributed by atoms with Gasteiger partial charge in [0.05, 0.1) is 4.83 Å². The van der Waals surface area contributed by atoms with Crippen molar-refractivity contribution in [3.63, 3.8) is 0 Å². The standard InChI is InChI=1S/C13H11BrF2O4/c1-7(17)12(14)10-4-3-9(20-13(15)16)6-8(10)2-5-11(18)19/h2-6,12-13H,1H3,(H,18,19). The molecule has 0 radical (unpaired) electrons. The summed E-state index contributed by atoms with van der Waals surface area (Å²) in [6.45, 7) is -1.63. The lowest BCUT2D eigenvalue weighted by molar-refractivity contribution is -0.131. The fourth-order valence-corrected chi connectivity index (χ4v) is 1.90. The van der Waals surface area contributed by atoms with Crippen molar-refractivity contribution in [3.05, 3.63) is 35.4 Å². The molecule has 0 spiro atoms. The molecule has 7 heteroatoms. The molecule has 0 bridgehead atoms. The molecule has 0 amide bonds. The van der Waals surface area contributed by atoms with Crippen molar-refractivity contribution in [1.82, 2.24) is 0 Å². The van der Waals surface area contributed by atoms with Crippen LogP contribution in [-0.4, -0.2) is 23.5 Å². The van der Waals surface area contributed by atoms with Crippen LogP contribution in [0.3, 0.4) is 0 Å². The third-order valence-corrected chi connectivity index (χ3v) is 3.46. The minimum Gasteiger partial charge on any atom is -0.478 e. The Labute approximate surface area is 122 Å². The molecule has 0 aliphatic carbocycles. The van der Waals surface area contributed by atoms with Crippen LogP contribution in [0.2, 0.25) is 0 Å². The zero-order valence-corrected chi connectivity index (χ0v) is 11.9. The topological polar surface area (TPSA) is 63.6 Å². The van der Waals surface area contributed by atoms with E-state index in [4.69, 9.17) is 5.11 Å². The number of halogens is 3. The zero-order chi connectivity index (χ0) is 15.3. The second-order valence-electron chi connectivity index (χ2n) is 3.81. The highest BCUT2D eigenvalue weighted by atomic mass is 79.9. The van der Waals surface area contributed by atoms with Crippen molar-refractivity contribution in [3.8, 4) is 5.75 Å². The summed E-state index contributed by atoms with van der Waals surface area (Å²) in [7, 11) is 0. The number of carbonyl (C=O) groups excluding carboxylic acids is 1. The van der Waals surface area contributed by atoms with Gasteiger partial charge in [-0.3, -0.25) is 4.79 Å². The number of carbonyl (C=O) groups is 2. The number of alkyl halides is 3. The van der Waals surface area contributed by atoms with Crippen LogP contribution in [0, 0.1) is 0 Å². The highest BCUT2D eigenvalue weighted by Crippen LogP contribution is 2.31. The summed E-state index contributed by atoms with van der Waals surface area (Å²) in [5, 5.41) is 8.61. The molecule has 1 atom stereocenters. The number of carboxylic acids is 1. The SMILES string of the molecule is CC(=O)C(Br)c1ccc(OC(F)F)cc1C=CC(=O)O. The largest absolute Gasteiger partial charge is 0.478 e. The number of benzene rings is 1. The number of rotatable bonds is 6. The molecule has 20 heavy (non-hydrogen) atoms. The van der Waals surface area contributed by atoms with E-state index < -0.39 is 17.4 Å². The Hall–Kier alpha value is -1.76. The van der Waals surface area contributed by atoms with E-state index in [2.05, 4.69) is 20.7 Å². The number of hydrogen-bond donors (Lipinski definition) is 1. The van der Waals surface area contributed by atoms with Gasteiger partial charge < -0.3 is 9.84 Å². The van der Waals surface area contributed by atoms with Gasteiger partial charge in [0.1, 0.15) is 11.5 Å². The maximum atomic E-state index is 12.2. The first kappa shape index (κ1) is 16.3. The first-order chi connectivity index (χ1) is 9.31.